The number of carbonyl (C=O) groups is 1. The third-order valence-electron chi connectivity index (χ3n) is 3.62. The van der Waals surface area contributed by atoms with Gasteiger partial charge in [0.15, 0.2) is 5.13 Å². The van der Waals surface area contributed by atoms with E-state index in [1.807, 2.05) is 6.92 Å². The molecule has 0 radical (unpaired) electrons. The zero-order chi connectivity index (χ0) is 15.0. The number of benzene rings is 1. The fourth-order valence-electron chi connectivity index (χ4n) is 2.41. The number of aryl methyl sites for hydroxylation is 2. The van der Waals surface area contributed by atoms with Crippen molar-refractivity contribution in [3.8, 4) is 0 Å². The minimum Gasteiger partial charge on any atom is -0.327 e. The highest BCUT2D eigenvalue weighted by Crippen LogP contribution is 2.29. The molecule has 1 amide bonds. The van der Waals surface area contributed by atoms with Gasteiger partial charge in [-0.3, -0.25) is 10.1 Å². The van der Waals surface area contributed by atoms with Gasteiger partial charge >= 0.3 is 0 Å². The summed E-state index contributed by atoms with van der Waals surface area (Å²) in [5, 5.41) is 4.16. The lowest BCUT2D eigenvalue weighted by Gasteiger charge is -2.15. The van der Waals surface area contributed by atoms with Crippen LogP contribution in [0.3, 0.4) is 0 Å². The highest BCUT2D eigenvalue weighted by molar-refractivity contribution is 7.15. The van der Waals surface area contributed by atoms with Gasteiger partial charge in [-0.05, 0) is 49.9 Å². The molecule has 0 spiro atoms. The number of nitrogens with zero attached hydrogens (tertiary/aromatic N) is 1. The number of halogens is 2. The lowest BCUT2D eigenvalue weighted by atomic mass is 9.99. The molecular formula is C15H17Cl2N3OS. The molecule has 4 nitrogen and oxygen atoms in total. The first-order valence-corrected chi connectivity index (χ1v) is 8.04. The molecule has 3 rings (SSSR count). The molecule has 0 aliphatic heterocycles. The van der Waals surface area contributed by atoms with Gasteiger partial charge in [0.1, 0.15) is 0 Å². The Morgan fingerprint density at radius 2 is 2.27 bits per heavy atom. The number of amides is 1. The number of nitrogens with two attached hydrogens (primary N) is 1. The molecule has 7 heteroatoms. The maximum atomic E-state index is 12.2. The van der Waals surface area contributed by atoms with Crippen LogP contribution in [-0.2, 0) is 12.8 Å². The predicted molar refractivity (Wildman–Crippen MR) is 93.5 cm³/mol. The van der Waals surface area contributed by atoms with E-state index in [1.165, 1.54) is 16.2 Å². The summed E-state index contributed by atoms with van der Waals surface area (Å²) in [6.07, 6.45) is 2.70. The van der Waals surface area contributed by atoms with Crippen molar-refractivity contribution < 1.29 is 4.79 Å². The lowest BCUT2D eigenvalue weighted by molar-refractivity contribution is 0.102. The highest BCUT2D eigenvalue weighted by atomic mass is 35.5. The summed E-state index contributed by atoms with van der Waals surface area (Å²) < 4.78 is 0. The van der Waals surface area contributed by atoms with Crippen LogP contribution in [0.1, 0.15) is 32.9 Å². The summed E-state index contributed by atoms with van der Waals surface area (Å²) in [6.45, 7) is 1.88. The summed E-state index contributed by atoms with van der Waals surface area (Å²) in [6, 6.07) is 5.44. The van der Waals surface area contributed by atoms with E-state index in [0.717, 1.165) is 30.5 Å². The second-order valence-corrected chi connectivity index (χ2v) is 6.80. The Morgan fingerprint density at radius 3 is 3.00 bits per heavy atom. The molecule has 3 N–H and O–H groups in total. The Kier molecular flexibility index (Phi) is 5.45. The number of rotatable bonds is 2. The maximum absolute atomic E-state index is 12.2. The van der Waals surface area contributed by atoms with E-state index in [0.29, 0.717) is 15.7 Å². The minimum absolute atomic E-state index is 0. The molecule has 2 aromatic rings. The van der Waals surface area contributed by atoms with Crippen LogP contribution in [-0.4, -0.2) is 16.9 Å². The first-order valence-electron chi connectivity index (χ1n) is 6.84. The molecular weight excluding hydrogens is 341 g/mol. The third kappa shape index (κ3) is 3.60. The van der Waals surface area contributed by atoms with Crippen LogP contribution in [0.15, 0.2) is 18.2 Å². The van der Waals surface area contributed by atoms with Gasteiger partial charge in [-0.1, -0.05) is 11.6 Å². The monoisotopic (exact) mass is 357 g/mol. The molecule has 1 aromatic carbocycles. The lowest BCUT2D eigenvalue weighted by Crippen LogP contribution is -2.27. The molecule has 0 fully saturated rings. The van der Waals surface area contributed by atoms with Gasteiger partial charge in [0.05, 0.1) is 5.69 Å². The smallest absolute Gasteiger partial charge is 0.257 e. The molecule has 1 aliphatic rings. The summed E-state index contributed by atoms with van der Waals surface area (Å²) >= 11 is 7.49. The molecule has 118 valence electrons. The molecule has 1 atom stereocenters. The Morgan fingerprint density at radius 1 is 1.50 bits per heavy atom. The average molecular weight is 358 g/mol. The van der Waals surface area contributed by atoms with Gasteiger partial charge in [-0.2, -0.15) is 0 Å². The summed E-state index contributed by atoms with van der Waals surface area (Å²) in [4.78, 5) is 17.9. The number of carbonyl (C=O) groups excluding carboxylic acids is 1. The summed E-state index contributed by atoms with van der Waals surface area (Å²) in [5.41, 5.74) is 8.50. The molecule has 0 bridgehead atoms. The molecule has 0 saturated heterocycles. The zero-order valence-corrected chi connectivity index (χ0v) is 14.4. The quantitative estimate of drug-likeness (QED) is 0.862. The van der Waals surface area contributed by atoms with E-state index in [4.69, 9.17) is 17.3 Å². The van der Waals surface area contributed by atoms with E-state index >= 15 is 0 Å². The minimum atomic E-state index is -0.162. The fraction of sp³-hybridized carbons (Fsp3) is 0.333. The van der Waals surface area contributed by atoms with Crippen molar-refractivity contribution in [1.82, 2.24) is 4.98 Å². The van der Waals surface area contributed by atoms with Crippen LogP contribution < -0.4 is 11.1 Å². The Balaban J connectivity index is 0.00000176. The number of aromatic nitrogens is 1. The number of anilines is 1. The van der Waals surface area contributed by atoms with Gasteiger partial charge in [0.25, 0.3) is 5.91 Å². The van der Waals surface area contributed by atoms with Gasteiger partial charge in [-0.25, -0.2) is 4.98 Å². The van der Waals surface area contributed by atoms with Crippen molar-refractivity contribution in [2.24, 2.45) is 5.73 Å². The van der Waals surface area contributed by atoms with E-state index < -0.39 is 0 Å². The zero-order valence-electron chi connectivity index (χ0n) is 12.1. The number of hydrogen-bond acceptors (Lipinski definition) is 4. The van der Waals surface area contributed by atoms with Crippen LogP contribution in [0.25, 0.3) is 0 Å². The number of thiazole rings is 1. The van der Waals surface area contributed by atoms with Crippen LogP contribution in [0.5, 0.6) is 0 Å². The number of nitrogens with one attached hydrogen (secondary N) is 1. The van der Waals surface area contributed by atoms with Gasteiger partial charge < -0.3 is 5.73 Å². The van der Waals surface area contributed by atoms with Crippen LogP contribution >= 0.6 is 35.3 Å². The van der Waals surface area contributed by atoms with Gasteiger partial charge in [-0.15, -0.1) is 23.7 Å². The number of hydrogen-bond donors (Lipinski definition) is 2. The SMILES string of the molecule is Cc1cc(C(=O)Nc2nc3c(s2)C[C@@H](N)CC3)ccc1Cl.Cl. The highest BCUT2D eigenvalue weighted by Gasteiger charge is 2.21. The first-order chi connectivity index (χ1) is 10.0. The maximum Gasteiger partial charge on any atom is 0.257 e. The van der Waals surface area contributed by atoms with Crippen molar-refractivity contribution in [3.05, 3.63) is 44.9 Å². The standard InChI is InChI=1S/C15H16ClN3OS.ClH/c1-8-6-9(2-4-11(8)16)14(20)19-15-18-12-5-3-10(17)7-13(12)21-15;/h2,4,6,10H,3,5,7,17H2,1H3,(H,18,19,20);1H/t10-;/m0./s1. The van der Waals surface area contributed by atoms with Crippen LogP contribution in [0.4, 0.5) is 5.13 Å². The van der Waals surface area contributed by atoms with Crippen molar-refractivity contribution in [2.75, 3.05) is 5.32 Å². The van der Waals surface area contributed by atoms with Gasteiger partial charge in [0.2, 0.25) is 0 Å². The van der Waals surface area contributed by atoms with Crippen molar-refractivity contribution in [1.29, 1.82) is 0 Å². The first kappa shape index (κ1) is 17.2. The van der Waals surface area contributed by atoms with Crippen molar-refractivity contribution in [3.63, 3.8) is 0 Å². The average Bonchev–Trinajstić information content (AvgIpc) is 2.83. The van der Waals surface area contributed by atoms with Crippen molar-refractivity contribution >= 4 is 46.4 Å². The van der Waals surface area contributed by atoms with E-state index in [-0.39, 0.29) is 24.4 Å². The molecule has 1 aromatic heterocycles. The second-order valence-electron chi connectivity index (χ2n) is 5.31. The largest absolute Gasteiger partial charge is 0.327 e. The van der Waals surface area contributed by atoms with E-state index in [1.54, 1.807) is 18.2 Å². The van der Waals surface area contributed by atoms with Crippen LogP contribution in [0, 0.1) is 6.92 Å². The Hall–Kier alpha value is -1.14. The molecule has 0 saturated carbocycles. The summed E-state index contributed by atoms with van der Waals surface area (Å²) in [5.74, 6) is -0.162. The Labute approximate surface area is 144 Å². The van der Waals surface area contributed by atoms with E-state index in [9.17, 15) is 4.79 Å². The molecule has 1 aliphatic carbocycles. The third-order valence-corrected chi connectivity index (χ3v) is 5.08. The van der Waals surface area contributed by atoms with Crippen molar-refractivity contribution in [2.45, 2.75) is 32.2 Å². The van der Waals surface area contributed by atoms with Crippen LogP contribution in [0.2, 0.25) is 5.02 Å². The normalized spacial score (nSPS) is 16.6. The molecule has 1 heterocycles. The topological polar surface area (TPSA) is 68.0 Å². The van der Waals surface area contributed by atoms with E-state index in [2.05, 4.69) is 10.3 Å². The molecule has 0 unspecified atom stereocenters. The number of fused-ring (bicyclic) bond motifs is 1. The van der Waals surface area contributed by atoms with Gasteiger partial charge in [0, 0.05) is 21.5 Å². The second kappa shape index (κ2) is 6.96. The molecule has 22 heavy (non-hydrogen) atoms. The Bertz CT molecular complexity index is 702. The fourth-order valence-corrected chi connectivity index (χ4v) is 3.62. The predicted octanol–water partition coefficient (Wildman–Crippen LogP) is 3.60. The summed E-state index contributed by atoms with van der Waals surface area (Å²) in [7, 11) is 0.